The van der Waals surface area contributed by atoms with E-state index in [0.29, 0.717) is 12.2 Å². The van der Waals surface area contributed by atoms with Crippen LogP contribution in [0.5, 0.6) is 5.75 Å². The molecule has 8 nitrogen and oxygen atoms in total. The molecule has 9 heteroatoms. The quantitative estimate of drug-likeness (QED) is 0.658. The minimum Gasteiger partial charge on any atom is -0.463 e. The van der Waals surface area contributed by atoms with Gasteiger partial charge in [0.2, 0.25) is 5.72 Å². The summed E-state index contributed by atoms with van der Waals surface area (Å²) in [6.07, 6.45) is 10.2. The van der Waals surface area contributed by atoms with E-state index in [1.165, 1.54) is 12.4 Å². The van der Waals surface area contributed by atoms with Crippen LogP contribution in [-0.2, 0) is 23.3 Å². The minimum atomic E-state index is -3.46. The number of ether oxygens (including phenoxy) is 1. The standard InChI is InChI=1S/C19H19N5O3S/c1-24-10-8-18(23-24)22-19(9-7-15-14(11-19)12-20-13-21-15)27-16-5-3-4-6-17(16)28(2,25)26/h3-10,12-13H,11H2,1-2H3,(H,22,23). The van der Waals surface area contributed by atoms with E-state index in [1.807, 2.05) is 31.5 Å². The van der Waals surface area contributed by atoms with Gasteiger partial charge in [0.1, 0.15) is 17.0 Å². The van der Waals surface area contributed by atoms with Crippen molar-refractivity contribution in [1.29, 1.82) is 0 Å². The van der Waals surface area contributed by atoms with Gasteiger partial charge in [-0.2, -0.15) is 5.10 Å². The highest BCUT2D eigenvalue weighted by molar-refractivity contribution is 7.90. The van der Waals surface area contributed by atoms with E-state index >= 15 is 0 Å². The molecule has 4 rings (SSSR count). The van der Waals surface area contributed by atoms with Crippen LogP contribution in [-0.4, -0.2) is 40.1 Å². The van der Waals surface area contributed by atoms with Crippen LogP contribution in [0.2, 0.25) is 0 Å². The van der Waals surface area contributed by atoms with Crippen LogP contribution >= 0.6 is 0 Å². The molecule has 1 N–H and O–H groups in total. The van der Waals surface area contributed by atoms with Crippen molar-refractivity contribution < 1.29 is 13.2 Å². The maximum Gasteiger partial charge on any atom is 0.205 e. The molecule has 0 fully saturated rings. The highest BCUT2D eigenvalue weighted by Gasteiger charge is 2.36. The molecule has 0 bridgehead atoms. The van der Waals surface area contributed by atoms with E-state index in [9.17, 15) is 8.42 Å². The number of hydrogen-bond acceptors (Lipinski definition) is 7. The van der Waals surface area contributed by atoms with Gasteiger partial charge in [0.05, 0.1) is 5.69 Å². The normalized spacial score (nSPS) is 18.5. The second-order valence-corrected chi connectivity index (χ2v) is 8.64. The number of nitrogens with one attached hydrogen (secondary N) is 1. The molecule has 1 unspecified atom stereocenters. The van der Waals surface area contributed by atoms with Crippen molar-refractivity contribution in [2.24, 2.45) is 7.05 Å². The third kappa shape index (κ3) is 3.61. The number of sulfone groups is 1. The van der Waals surface area contributed by atoms with E-state index < -0.39 is 15.6 Å². The average Bonchev–Trinajstić information content (AvgIpc) is 3.05. The van der Waals surface area contributed by atoms with Crippen molar-refractivity contribution in [3.05, 3.63) is 66.4 Å². The topological polar surface area (TPSA) is 99.0 Å². The van der Waals surface area contributed by atoms with Gasteiger partial charge in [-0.3, -0.25) is 4.68 Å². The van der Waals surface area contributed by atoms with Gasteiger partial charge in [-0.05, 0) is 24.3 Å². The Balaban J connectivity index is 1.77. The van der Waals surface area contributed by atoms with Crippen molar-refractivity contribution in [1.82, 2.24) is 19.7 Å². The summed E-state index contributed by atoms with van der Waals surface area (Å²) in [5, 5.41) is 7.65. The molecule has 3 aromatic rings. The fourth-order valence-corrected chi connectivity index (χ4v) is 3.93. The van der Waals surface area contributed by atoms with Crippen molar-refractivity contribution in [3.8, 4) is 5.75 Å². The zero-order chi connectivity index (χ0) is 19.8. The monoisotopic (exact) mass is 397 g/mol. The van der Waals surface area contributed by atoms with E-state index in [1.54, 1.807) is 29.1 Å². The first kappa shape index (κ1) is 18.2. The second-order valence-electron chi connectivity index (χ2n) is 6.65. The molecule has 1 aliphatic carbocycles. The Hall–Kier alpha value is -3.20. The summed E-state index contributed by atoms with van der Waals surface area (Å²) in [6, 6.07) is 8.40. The van der Waals surface area contributed by atoms with Gasteiger partial charge in [-0.1, -0.05) is 12.1 Å². The number of hydrogen-bond donors (Lipinski definition) is 1. The zero-order valence-corrected chi connectivity index (χ0v) is 16.2. The minimum absolute atomic E-state index is 0.126. The van der Waals surface area contributed by atoms with Gasteiger partial charge in [0.15, 0.2) is 15.7 Å². The maximum atomic E-state index is 12.2. The third-order valence-electron chi connectivity index (χ3n) is 4.38. The first-order valence-electron chi connectivity index (χ1n) is 8.59. The largest absolute Gasteiger partial charge is 0.463 e. The number of nitrogens with zero attached hydrogens (tertiary/aromatic N) is 4. The number of anilines is 1. The number of para-hydroxylation sites is 1. The smallest absolute Gasteiger partial charge is 0.205 e. The van der Waals surface area contributed by atoms with E-state index in [-0.39, 0.29) is 10.6 Å². The molecular weight excluding hydrogens is 378 g/mol. The summed E-state index contributed by atoms with van der Waals surface area (Å²) in [5.74, 6) is 0.864. The first-order valence-corrected chi connectivity index (χ1v) is 10.5. The lowest BCUT2D eigenvalue weighted by atomic mass is 9.95. The van der Waals surface area contributed by atoms with Gasteiger partial charge >= 0.3 is 0 Å². The van der Waals surface area contributed by atoms with Gasteiger partial charge in [-0.25, -0.2) is 18.4 Å². The van der Waals surface area contributed by atoms with Crippen LogP contribution in [0.1, 0.15) is 11.3 Å². The summed E-state index contributed by atoms with van der Waals surface area (Å²) in [6.45, 7) is 0. The van der Waals surface area contributed by atoms with Crippen LogP contribution in [0.3, 0.4) is 0 Å². The molecule has 0 amide bonds. The van der Waals surface area contributed by atoms with Gasteiger partial charge in [0.25, 0.3) is 0 Å². The molecule has 1 aliphatic rings. The Morgan fingerprint density at radius 1 is 1.25 bits per heavy atom. The molecule has 0 saturated heterocycles. The summed E-state index contributed by atoms with van der Waals surface area (Å²) in [4.78, 5) is 8.48. The van der Waals surface area contributed by atoms with Crippen LogP contribution in [0.25, 0.3) is 6.08 Å². The fourth-order valence-electron chi connectivity index (χ4n) is 3.13. The SMILES string of the molecule is Cn1ccc(NC2(Oc3ccccc3S(C)(=O)=O)C=Cc3ncncc3C2)n1. The van der Waals surface area contributed by atoms with Crippen molar-refractivity contribution in [2.75, 3.05) is 11.6 Å². The van der Waals surface area contributed by atoms with E-state index in [4.69, 9.17) is 4.74 Å². The predicted octanol–water partition coefficient (Wildman–Crippen LogP) is 2.07. The van der Waals surface area contributed by atoms with Crippen LogP contribution in [0, 0.1) is 0 Å². The Bertz CT molecular complexity index is 1160. The molecule has 144 valence electrons. The number of rotatable bonds is 5. The molecular formula is C19H19N5O3S. The fraction of sp³-hybridized carbons (Fsp3) is 0.211. The second kappa shape index (κ2) is 6.75. The Morgan fingerprint density at radius 2 is 2.07 bits per heavy atom. The molecule has 0 aliphatic heterocycles. The Kier molecular flexibility index (Phi) is 4.38. The summed E-state index contributed by atoms with van der Waals surface area (Å²) in [7, 11) is -1.64. The maximum absolute atomic E-state index is 12.2. The molecule has 1 atom stereocenters. The molecule has 0 radical (unpaired) electrons. The number of benzene rings is 1. The lowest BCUT2D eigenvalue weighted by Crippen LogP contribution is -2.46. The highest BCUT2D eigenvalue weighted by Crippen LogP contribution is 2.33. The Labute approximate surface area is 162 Å². The summed E-state index contributed by atoms with van der Waals surface area (Å²) < 4.78 is 32.4. The van der Waals surface area contributed by atoms with Crippen LogP contribution in [0.15, 0.2) is 60.0 Å². The van der Waals surface area contributed by atoms with Crippen molar-refractivity contribution in [2.45, 2.75) is 17.0 Å². The number of aromatic nitrogens is 4. The average molecular weight is 397 g/mol. The van der Waals surface area contributed by atoms with Crippen LogP contribution < -0.4 is 10.1 Å². The highest BCUT2D eigenvalue weighted by atomic mass is 32.2. The molecule has 28 heavy (non-hydrogen) atoms. The van der Waals surface area contributed by atoms with E-state index in [2.05, 4.69) is 20.4 Å². The van der Waals surface area contributed by atoms with Crippen molar-refractivity contribution >= 4 is 21.7 Å². The van der Waals surface area contributed by atoms with Gasteiger partial charge in [0, 0.05) is 43.7 Å². The van der Waals surface area contributed by atoms with E-state index in [0.717, 1.165) is 17.5 Å². The van der Waals surface area contributed by atoms with Crippen molar-refractivity contribution in [3.63, 3.8) is 0 Å². The lowest BCUT2D eigenvalue weighted by molar-refractivity contribution is 0.144. The first-order chi connectivity index (χ1) is 13.3. The third-order valence-corrected chi connectivity index (χ3v) is 5.52. The number of fused-ring (bicyclic) bond motifs is 1. The van der Waals surface area contributed by atoms with Crippen LogP contribution in [0.4, 0.5) is 5.82 Å². The summed E-state index contributed by atoms with van der Waals surface area (Å²) in [5.41, 5.74) is 0.631. The molecule has 1 aromatic carbocycles. The number of aryl methyl sites for hydroxylation is 1. The van der Waals surface area contributed by atoms with Gasteiger partial charge < -0.3 is 10.1 Å². The zero-order valence-electron chi connectivity index (χ0n) is 15.4. The summed E-state index contributed by atoms with van der Waals surface area (Å²) >= 11 is 0. The Morgan fingerprint density at radius 3 is 2.82 bits per heavy atom. The predicted molar refractivity (Wildman–Crippen MR) is 105 cm³/mol. The molecule has 0 saturated carbocycles. The lowest BCUT2D eigenvalue weighted by Gasteiger charge is -2.35. The van der Waals surface area contributed by atoms with Gasteiger partial charge in [-0.15, -0.1) is 0 Å². The molecule has 2 heterocycles. The molecule has 0 spiro atoms. The molecule has 2 aromatic heterocycles.